The van der Waals surface area contributed by atoms with E-state index in [2.05, 4.69) is 0 Å². The molecule has 0 N–H and O–H groups in total. The van der Waals surface area contributed by atoms with Gasteiger partial charge in [-0.25, -0.2) is 8.78 Å². The first-order valence-electron chi connectivity index (χ1n) is 5.27. The summed E-state index contributed by atoms with van der Waals surface area (Å²) < 4.78 is 25.8. The molecular formula is C14H9ClF2O. The monoisotopic (exact) mass is 266 g/mol. The third-order valence-electron chi connectivity index (χ3n) is 2.51. The Morgan fingerprint density at radius 1 is 1.00 bits per heavy atom. The average Bonchev–Trinajstić information content (AvgIpc) is 2.33. The van der Waals surface area contributed by atoms with Crippen molar-refractivity contribution in [3.8, 4) is 0 Å². The smallest absolute Gasteiger partial charge is 0.159 e. The fraction of sp³-hybridized carbons (Fsp3) is 0.0714. The van der Waals surface area contributed by atoms with E-state index in [9.17, 15) is 13.6 Å². The number of halogens is 3. The van der Waals surface area contributed by atoms with Gasteiger partial charge in [0.2, 0.25) is 0 Å². The van der Waals surface area contributed by atoms with Gasteiger partial charge in [0.05, 0.1) is 0 Å². The van der Waals surface area contributed by atoms with Crippen LogP contribution in [0.4, 0.5) is 8.78 Å². The van der Waals surface area contributed by atoms with Crippen LogP contribution in [0.3, 0.4) is 0 Å². The molecule has 0 aromatic heterocycles. The first-order chi connectivity index (χ1) is 8.58. The highest BCUT2D eigenvalue weighted by Gasteiger charge is 2.05. The van der Waals surface area contributed by atoms with Gasteiger partial charge in [-0.3, -0.25) is 4.79 Å². The molecule has 4 heteroatoms. The van der Waals surface area contributed by atoms with Gasteiger partial charge in [0.15, 0.2) is 11.6 Å². The number of carbonyl (C=O) groups is 1. The van der Waals surface area contributed by atoms with Crippen LogP contribution in [0.5, 0.6) is 0 Å². The molecule has 0 aliphatic carbocycles. The summed E-state index contributed by atoms with van der Waals surface area (Å²) in [6.45, 7) is 0. The fourth-order valence-electron chi connectivity index (χ4n) is 1.73. The quantitative estimate of drug-likeness (QED) is 0.767. The molecule has 92 valence electrons. The largest absolute Gasteiger partial charge is 0.298 e. The SMILES string of the molecule is O=Cc1cc(Cl)cc(Cc2ccc(F)c(F)c2)c1. The molecule has 0 unspecified atom stereocenters. The Morgan fingerprint density at radius 2 is 1.78 bits per heavy atom. The lowest BCUT2D eigenvalue weighted by atomic mass is 10.0. The Hall–Kier alpha value is -1.74. The molecule has 2 aromatic carbocycles. The topological polar surface area (TPSA) is 17.1 Å². The van der Waals surface area contributed by atoms with Crippen molar-refractivity contribution in [2.75, 3.05) is 0 Å². The Morgan fingerprint density at radius 3 is 2.44 bits per heavy atom. The summed E-state index contributed by atoms with van der Waals surface area (Å²) in [4.78, 5) is 10.7. The molecule has 0 heterocycles. The summed E-state index contributed by atoms with van der Waals surface area (Å²) >= 11 is 5.86. The molecule has 1 nitrogen and oxygen atoms in total. The lowest BCUT2D eigenvalue weighted by Crippen LogP contribution is -1.93. The molecule has 0 atom stereocenters. The third kappa shape index (κ3) is 2.93. The zero-order chi connectivity index (χ0) is 13.1. The van der Waals surface area contributed by atoms with Crippen molar-refractivity contribution in [1.82, 2.24) is 0 Å². The zero-order valence-corrected chi connectivity index (χ0v) is 10.0. The molecule has 0 spiro atoms. The summed E-state index contributed by atoms with van der Waals surface area (Å²) in [6.07, 6.45) is 1.08. The van der Waals surface area contributed by atoms with Crippen LogP contribution >= 0.6 is 11.6 Å². The van der Waals surface area contributed by atoms with Crippen LogP contribution in [0.15, 0.2) is 36.4 Å². The average molecular weight is 267 g/mol. The van der Waals surface area contributed by atoms with Gasteiger partial charge < -0.3 is 0 Å². The normalized spacial score (nSPS) is 10.4. The molecule has 0 aliphatic rings. The maximum atomic E-state index is 13.0. The molecule has 2 rings (SSSR count). The lowest BCUT2D eigenvalue weighted by Gasteiger charge is -2.04. The van der Waals surface area contributed by atoms with E-state index in [1.54, 1.807) is 18.2 Å². The number of rotatable bonds is 3. The molecule has 18 heavy (non-hydrogen) atoms. The van der Waals surface area contributed by atoms with E-state index in [1.165, 1.54) is 6.07 Å². The highest BCUT2D eigenvalue weighted by atomic mass is 35.5. The highest BCUT2D eigenvalue weighted by Crippen LogP contribution is 2.18. The highest BCUT2D eigenvalue weighted by molar-refractivity contribution is 6.30. The Labute approximate surface area is 108 Å². The maximum Gasteiger partial charge on any atom is 0.159 e. The minimum Gasteiger partial charge on any atom is -0.298 e. The van der Waals surface area contributed by atoms with Gasteiger partial charge in [-0.1, -0.05) is 17.7 Å². The Kier molecular flexibility index (Phi) is 3.72. The van der Waals surface area contributed by atoms with E-state index in [0.29, 0.717) is 28.9 Å². The van der Waals surface area contributed by atoms with Crippen LogP contribution in [-0.2, 0) is 6.42 Å². The van der Waals surface area contributed by atoms with Crippen molar-refractivity contribution in [3.63, 3.8) is 0 Å². The molecule has 0 bridgehead atoms. The first-order valence-corrected chi connectivity index (χ1v) is 5.65. The zero-order valence-electron chi connectivity index (χ0n) is 9.29. The van der Waals surface area contributed by atoms with Gasteiger partial charge in [-0.05, 0) is 47.9 Å². The van der Waals surface area contributed by atoms with Crippen LogP contribution in [0.2, 0.25) is 5.02 Å². The van der Waals surface area contributed by atoms with E-state index in [1.807, 2.05) is 0 Å². The number of hydrogen-bond acceptors (Lipinski definition) is 1. The van der Waals surface area contributed by atoms with Crippen LogP contribution < -0.4 is 0 Å². The molecule has 0 saturated carbocycles. The van der Waals surface area contributed by atoms with Crippen molar-refractivity contribution in [2.45, 2.75) is 6.42 Å². The lowest BCUT2D eigenvalue weighted by molar-refractivity contribution is 0.112. The number of hydrogen-bond donors (Lipinski definition) is 0. The molecule has 0 aliphatic heterocycles. The van der Waals surface area contributed by atoms with E-state index in [0.717, 1.165) is 17.7 Å². The van der Waals surface area contributed by atoms with Crippen molar-refractivity contribution < 1.29 is 13.6 Å². The van der Waals surface area contributed by atoms with Gasteiger partial charge in [-0.15, -0.1) is 0 Å². The van der Waals surface area contributed by atoms with Crippen LogP contribution in [0.25, 0.3) is 0 Å². The standard InChI is InChI=1S/C14H9ClF2O/c15-12-5-10(4-11(6-12)8-18)3-9-1-2-13(16)14(17)7-9/h1-2,4-8H,3H2. The number of benzene rings is 2. The second-order valence-electron chi connectivity index (χ2n) is 3.94. The fourth-order valence-corrected chi connectivity index (χ4v) is 2.00. The van der Waals surface area contributed by atoms with Gasteiger partial charge in [0, 0.05) is 10.6 Å². The van der Waals surface area contributed by atoms with E-state index >= 15 is 0 Å². The van der Waals surface area contributed by atoms with Crippen molar-refractivity contribution in [3.05, 3.63) is 69.7 Å². The predicted molar refractivity (Wildman–Crippen MR) is 66.0 cm³/mol. The minimum absolute atomic E-state index is 0.387. The summed E-state index contributed by atoms with van der Waals surface area (Å²) in [7, 11) is 0. The van der Waals surface area contributed by atoms with Gasteiger partial charge in [0.25, 0.3) is 0 Å². The minimum atomic E-state index is -0.884. The molecule has 0 amide bonds. The summed E-state index contributed by atoms with van der Waals surface area (Å²) in [5, 5.41) is 0.442. The molecule has 0 saturated heterocycles. The maximum absolute atomic E-state index is 13.0. The van der Waals surface area contributed by atoms with Gasteiger partial charge >= 0.3 is 0 Å². The molecule has 0 fully saturated rings. The second-order valence-corrected chi connectivity index (χ2v) is 4.37. The van der Waals surface area contributed by atoms with E-state index in [4.69, 9.17) is 11.6 Å². The predicted octanol–water partition coefficient (Wildman–Crippen LogP) is 4.02. The van der Waals surface area contributed by atoms with Crippen LogP contribution in [0, 0.1) is 11.6 Å². The second kappa shape index (κ2) is 5.27. The summed E-state index contributed by atoms with van der Waals surface area (Å²) in [5.74, 6) is -1.76. The summed E-state index contributed by atoms with van der Waals surface area (Å²) in [5.41, 5.74) is 1.85. The number of carbonyl (C=O) groups excluding carboxylic acids is 1. The third-order valence-corrected chi connectivity index (χ3v) is 2.73. The van der Waals surface area contributed by atoms with Crippen molar-refractivity contribution >= 4 is 17.9 Å². The molecule has 2 aromatic rings. The molecule has 0 radical (unpaired) electrons. The van der Waals surface area contributed by atoms with Gasteiger partial charge in [-0.2, -0.15) is 0 Å². The van der Waals surface area contributed by atoms with Crippen molar-refractivity contribution in [2.24, 2.45) is 0 Å². The Bertz CT molecular complexity index is 596. The van der Waals surface area contributed by atoms with Crippen LogP contribution in [-0.4, -0.2) is 6.29 Å². The van der Waals surface area contributed by atoms with E-state index in [-0.39, 0.29) is 0 Å². The van der Waals surface area contributed by atoms with Gasteiger partial charge in [0.1, 0.15) is 6.29 Å². The summed E-state index contributed by atoms with van der Waals surface area (Å²) in [6, 6.07) is 8.62. The molecular weight excluding hydrogens is 258 g/mol. The van der Waals surface area contributed by atoms with Crippen LogP contribution in [0.1, 0.15) is 21.5 Å². The number of aldehydes is 1. The van der Waals surface area contributed by atoms with E-state index < -0.39 is 11.6 Å². The first kappa shape index (κ1) is 12.7. The Balaban J connectivity index is 2.30. The van der Waals surface area contributed by atoms with Crippen molar-refractivity contribution in [1.29, 1.82) is 0 Å².